The SMILES string of the molecule is Cc1cccc(N(c2ccc(C3CC4CCC3C4)cc2)c2ccnc(C)c2)c1. The zero-order valence-corrected chi connectivity index (χ0v) is 16.8. The van der Waals surface area contributed by atoms with E-state index in [1.165, 1.54) is 48.2 Å². The number of benzene rings is 2. The fourth-order valence-electron chi connectivity index (χ4n) is 5.41. The lowest BCUT2D eigenvalue weighted by atomic mass is 9.83. The monoisotopic (exact) mass is 368 g/mol. The second-order valence-electron chi connectivity index (χ2n) is 8.70. The van der Waals surface area contributed by atoms with Crippen LogP contribution in [0.4, 0.5) is 17.1 Å². The Morgan fingerprint density at radius 3 is 2.32 bits per heavy atom. The van der Waals surface area contributed by atoms with Crippen molar-refractivity contribution >= 4 is 17.1 Å². The standard InChI is InChI=1S/C26H28N2/c1-18-4-3-5-24(14-18)28(25-12-13-27-19(2)15-25)23-10-8-21(9-11-23)26-17-20-6-7-22(26)16-20/h3-5,8-15,20,22,26H,6-7,16-17H2,1-2H3. The minimum absolute atomic E-state index is 0.781. The average molecular weight is 369 g/mol. The first-order valence-corrected chi connectivity index (χ1v) is 10.6. The van der Waals surface area contributed by atoms with Gasteiger partial charge in [-0.05, 0) is 98.4 Å². The summed E-state index contributed by atoms with van der Waals surface area (Å²) in [7, 11) is 0. The van der Waals surface area contributed by atoms with E-state index in [2.05, 4.69) is 84.4 Å². The van der Waals surface area contributed by atoms with Crippen molar-refractivity contribution in [2.75, 3.05) is 4.90 Å². The second kappa shape index (κ2) is 7.09. The predicted octanol–water partition coefficient (Wildman–Crippen LogP) is 7.07. The molecule has 3 atom stereocenters. The molecule has 1 heterocycles. The summed E-state index contributed by atoms with van der Waals surface area (Å²) in [5.41, 5.74) is 7.40. The quantitative estimate of drug-likeness (QED) is 0.489. The van der Waals surface area contributed by atoms with Crippen molar-refractivity contribution in [3.63, 3.8) is 0 Å². The molecule has 2 fully saturated rings. The highest BCUT2D eigenvalue weighted by molar-refractivity contribution is 5.76. The zero-order chi connectivity index (χ0) is 19.1. The number of nitrogens with zero attached hydrogens (tertiary/aromatic N) is 2. The van der Waals surface area contributed by atoms with E-state index in [0.29, 0.717) is 0 Å². The van der Waals surface area contributed by atoms with E-state index in [4.69, 9.17) is 0 Å². The Bertz CT molecular complexity index is 930. The van der Waals surface area contributed by atoms with Crippen LogP contribution in [0.5, 0.6) is 0 Å². The van der Waals surface area contributed by atoms with Crippen LogP contribution in [0.1, 0.15) is 48.4 Å². The fourth-order valence-corrected chi connectivity index (χ4v) is 5.41. The highest BCUT2D eigenvalue weighted by Crippen LogP contribution is 2.53. The Balaban J connectivity index is 1.52. The smallest absolute Gasteiger partial charge is 0.0494 e. The van der Waals surface area contributed by atoms with Crippen LogP contribution >= 0.6 is 0 Å². The average Bonchev–Trinajstić information content (AvgIpc) is 3.33. The lowest BCUT2D eigenvalue weighted by Gasteiger charge is -2.27. The third kappa shape index (κ3) is 3.22. The molecule has 5 rings (SSSR count). The first-order valence-electron chi connectivity index (χ1n) is 10.6. The molecular weight excluding hydrogens is 340 g/mol. The first kappa shape index (κ1) is 17.5. The minimum Gasteiger partial charge on any atom is -0.310 e. The largest absolute Gasteiger partial charge is 0.310 e. The Morgan fingerprint density at radius 1 is 0.821 bits per heavy atom. The van der Waals surface area contributed by atoms with E-state index < -0.39 is 0 Å². The van der Waals surface area contributed by atoms with Crippen LogP contribution in [0.15, 0.2) is 66.9 Å². The van der Waals surface area contributed by atoms with Gasteiger partial charge >= 0.3 is 0 Å². The van der Waals surface area contributed by atoms with Crippen LogP contribution in [0.3, 0.4) is 0 Å². The third-order valence-electron chi connectivity index (χ3n) is 6.72. The molecular formula is C26H28N2. The van der Waals surface area contributed by atoms with Gasteiger partial charge in [0.25, 0.3) is 0 Å². The second-order valence-corrected chi connectivity index (χ2v) is 8.70. The molecule has 0 spiro atoms. The number of pyridine rings is 1. The Hall–Kier alpha value is -2.61. The predicted molar refractivity (Wildman–Crippen MR) is 117 cm³/mol. The summed E-state index contributed by atoms with van der Waals surface area (Å²) >= 11 is 0. The normalized spacial score (nSPS) is 23.1. The molecule has 1 aromatic heterocycles. The van der Waals surface area contributed by atoms with E-state index in [1.54, 1.807) is 0 Å². The molecule has 28 heavy (non-hydrogen) atoms. The maximum atomic E-state index is 4.39. The van der Waals surface area contributed by atoms with Crippen LogP contribution in [-0.4, -0.2) is 4.98 Å². The molecule has 0 radical (unpaired) electrons. The van der Waals surface area contributed by atoms with Gasteiger partial charge in [0.1, 0.15) is 0 Å². The number of rotatable bonds is 4. The van der Waals surface area contributed by atoms with Crippen molar-refractivity contribution < 1.29 is 0 Å². The van der Waals surface area contributed by atoms with Gasteiger partial charge in [-0.15, -0.1) is 0 Å². The molecule has 0 saturated heterocycles. The van der Waals surface area contributed by atoms with Crippen molar-refractivity contribution in [1.82, 2.24) is 4.98 Å². The Kier molecular flexibility index (Phi) is 4.43. The molecule has 0 amide bonds. The number of hydrogen-bond donors (Lipinski definition) is 0. The fraction of sp³-hybridized carbons (Fsp3) is 0.346. The van der Waals surface area contributed by atoms with Gasteiger partial charge in [-0.2, -0.15) is 0 Å². The van der Waals surface area contributed by atoms with Crippen molar-refractivity contribution in [2.24, 2.45) is 11.8 Å². The number of fused-ring (bicyclic) bond motifs is 2. The van der Waals surface area contributed by atoms with Crippen molar-refractivity contribution in [2.45, 2.75) is 45.4 Å². The molecule has 3 aromatic rings. The van der Waals surface area contributed by atoms with Gasteiger partial charge in [0.05, 0.1) is 0 Å². The summed E-state index contributed by atoms with van der Waals surface area (Å²) in [6.07, 6.45) is 7.65. The van der Waals surface area contributed by atoms with Crippen LogP contribution in [0, 0.1) is 25.7 Å². The maximum absolute atomic E-state index is 4.39. The Labute approximate surface area is 168 Å². The van der Waals surface area contributed by atoms with Crippen LogP contribution in [0.2, 0.25) is 0 Å². The molecule has 2 saturated carbocycles. The molecule has 2 aliphatic rings. The van der Waals surface area contributed by atoms with Gasteiger partial charge in [-0.1, -0.05) is 30.7 Å². The van der Waals surface area contributed by atoms with Crippen LogP contribution < -0.4 is 4.90 Å². The molecule has 2 heteroatoms. The highest BCUT2D eigenvalue weighted by atomic mass is 15.1. The van der Waals surface area contributed by atoms with Crippen molar-refractivity contribution in [1.29, 1.82) is 0 Å². The minimum atomic E-state index is 0.781. The summed E-state index contributed by atoms with van der Waals surface area (Å²) in [4.78, 5) is 6.73. The van der Waals surface area contributed by atoms with E-state index >= 15 is 0 Å². The molecule has 3 unspecified atom stereocenters. The van der Waals surface area contributed by atoms with E-state index in [1.807, 2.05) is 6.20 Å². The lowest BCUT2D eigenvalue weighted by molar-refractivity contribution is 0.420. The van der Waals surface area contributed by atoms with E-state index in [9.17, 15) is 0 Å². The van der Waals surface area contributed by atoms with Crippen LogP contribution in [0.25, 0.3) is 0 Å². The molecule has 0 aliphatic heterocycles. The molecule has 2 aliphatic carbocycles. The summed E-state index contributed by atoms with van der Waals surface area (Å²) in [6.45, 7) is 4.20. The molecule has 2 aromatic carbocycles. The van der Waals surface area contributed by atoms with Gasteiger partial charge in [0, 0.05) is 29.0 Å². The van der Waals surface area contributed by atoms with Gasteiger partial charge in [-0.25, -0.2) is 0 Å². The number of anilines is 3. The lowest BCUT2D eigenvalue weighted by Crippen LogP contribution is -2.12. The van der Waals surface area contributed by atoms with E-state index in [-0.39, 0.29) is 0 Å². The van der Waals surface area contributed by atoms with E-state index in [0.717, 1.165) is 29.1 Å². The van der Waals surface area contributed by atoms with Gasteiger partial charge in [-0.3, -0.25) is 4.98 Å². The molecule has 142 valence electrons. The third-order valence-corrected chi connectivity index (χ3v) is 6.72. The number of hydrogen-bond acceptors (Lipinski definition) is 2. The zero-order valence-electron chi connectivity index (χ0n) is 16.8. The summed E-state index contributed by atoms with van der Waals surface area (Å²) in [5, 5.41) is 0. The van der Waals surface area contributed by atoms with Gasteiger partial charge in [0.15, 0.2) is 0 Å². The molecule has 0 N–H and O–H groups in total. The topological polar surface area (TPSA) is 16.1 Å². The van der Waals surface area contributed by atoms with Crippen molar-refractivity contribution in [3.05, 3.63) is 83.7 Å². The highest BCUT2D eigenvalue weighted by Gasteiger charge is 2.39. The van der Waals surface area contributed by atoms with Gasteiger partial charge in [0.2, 0.25) is 0 Å². The summed E-state index contributed by atoms with van der Waals surface area (Å²) in [5.74, 6) is 2.69. The number of aryl methyl sites for hydroxylation is 2. The van der Waals surface area contributed by atoms with Crippen molar-refractivity contribution in [3.8, 4) is 0 Å². The van der Waals surface area contributed by atoms with Crippen LogP contribution in [-0.2, 0) is 0 Å². The maximum Gasteiger partial charge on any atom is 0.0494 e. The summed E-state index contributed by atoms with van der Waals surface area (Å²) in [6, 6.07) is 22.3. The Morgan fingerprint density at radius 2 is 1.64 bits per heavy atom. The molecule has 2 nitrogen and oxygen atoms in total. The van der Waals surface area contributed by atoms with Gasteiger partial charge < -0.3 is 4.90 Å². The number of aromatic nitrogens is 1. The molecule has 2 bridgehead atoms. The first-order chi connectivity index (χ1) is 13.7. The summed E-state index contributed by atoms with van der Waals surface area (Å²) < 4.78 is 0.